The summed E-state index contributed by atoms with van der Waals surface area (Å²) < 4.78 is 1.93. The third-order valence-electron chi connectivity index (χ3n) is 4.69. The van der Waals surface area contributed by atoms with Gasteiger partial charge in [0.15, 0.2) is 0 Å². The fourth-order valence-electron chi connectivity index (χ4n) is 3.60. The molecular weight excluding hydrogens is 248 g/mol. The molecular formula is C16H30N4. The molecule has 1 aliphatic rings. The number of hydrogen-bond acceptors (Lipinski definition) is 3. The van der Waals surface area contributed by atoms with Gasteiger partial charge in [-0.15, -0.1) is 0 Å². The third-order valence-corrected chi connectivity index (χ3v) is 4.69. The Balaban J connectivity index is 1.99. The first-order valence-electron chi connectivity index (χ1n) is 8.30. The maximum absolute atomic E-state index is 4.42. The van der Waals surface area contributed by atoms with Crippen LogP contribution in [0.4, 0.5) is 0 Å². The van der Waals surface area contributed by atoms with Gasteiger partial charge in [0.2, 0.25) is 0 Å². The molecule has 20 heavy (non-hydrogen) atoms. The summed E-state index contributed by atoms with van der Waals surface area (Å²) in [6.07, 6.45) is 10.7. The van der Waals surface area contributed by atoms with Crippen LogP contribution in [0.25, 0.3) is 0 Å². The summed E-state index contributed by atoms with van der Waals surface area (Å²) in [6, 6.07) is 0.666. The number of hydrogen-bond donors (Lipinski definition) is 1. The van der Waals surface area contributed by atoms with E-state index in [1.165, 1.54) is 38.5 Å². The van der Waals surface area contributed by atoms with Crippen LogP contribution in [-0.4, -0.2) is 27.4 Å². The first kappa shape index (κ1) is 15.5. The van der Waals surface area contributed by atoms with Gasteiger partial charge in [0.1, 0.15) is 12.2 Å². The van der Waals surface area contributed by atoms with Crippen LogP contribution < -0.4 is 5.32 Å². The van der Waals surface area contributed by atoms with Crippen molar-refractivity contribution in [1.29, 1.82) is 0 Å². The Morgan fingerprint density at radius 3 is 2.80 bits per heavy atom. The van der Waals surface area contributed by atoms with Crippen molar-refractivity contribution in [2.45, 2.75) is 64.8 Å². The van der Waals surface area contributed by atoms with Gasteiger partial charge < -0.3 is 5.32 Å². The van der Waals surface area contributed by atoms with E-state index in [4.69, 9.17) is 0 Å². The Bertz CT molecular complexity index is 388. The van der Waals surface area contributed by atoms with Crippen molar-refractivity contribution < 1.29 is 0 Å². The van der Waals surface area contributed by atoms with Crippen LogP contribution >= 0.6 is 0 Å². The van der Waals surface area contributed by atoms with Crippen molar-refractivity contribution in [3.05, 3.63) is 12.2 Å². The van der Waals surface area contributed by atoms with E-state index in [1.807, 2.05) is 11.7 Å². The van der Waals surface area contributed by atoms with E-state index >= 15 is 0 Å². The molecule has 1 N–H and O–H groups in total. The van der Waals surface area contributed by atoms with Crippen molar-refractivity contribution in [3.63, 3.8) is 0 Å². The average molecular weight is 278 g/mol. The molecule has 1 aliphatic carbocycles. The number of aromatic nitrogens is 3. The molecule has 4 heteroatoms. The highest BCUT2D eigenvalue weighted by Crippen LogP contribution is 2.33. The van der Waals surface area contributed by atoms with E-state index in [9.17, 15) is 0 Å². The van der Waals surface area contributed by atoms with Crippen LogP contribution in [0, 0.1) is 11.8 Å². The van der Waals surface area contributed by atoms with E-state index in [0.29, 0.717) is 6.04 Å². The number of nitrogens with zero attached hydrogens (tertiary/aromatic N) is 3. The second-order valence-corrected chi connectivity index (χ2v) is 6.29. The van der Waals surface area contributed by atoms with Crippen molar-refractivity contribution >= 4 is 0 Å². The zero-order valence-corrected chi connectivity index (χ0v) is 13.3. The van der Waals surface area contributed by atoms with Gasteiger partial charge in [-0.1, -0.05) is 26.7 Å². The van der Waals surface area contributed by atoms with Crippen LogP contribution in [0.5, 0.6) is 0 Å². The van der Waals surface area contributed by atoms with Crippen molar-refractivity contribution in [1.82, 2.24) is 20.1 Å². The summed E-state index contributed by atoms with van der Waals surface area (Å²) in [5.41, 5.74) is 0. The molecule has 0 radical (unpaired) electrons. The molecule has 3 atom stereocenters. The molecule has 1 aromatic heterocycles. The van der Waals surface area contributed by atoms with Crippen LogP contribution in [0.1, 0.15) is 58.2 Å². The lowest BCUT2D eigenvalue weighted by molar-refractivity contribution is 0.191. The van der Waals surface area contributed by atoms with Gasteiger partial charge in [-0.25, -0.2) is 4.98 Å². The highest BCUT2D eigenvalue weighted by molar-refractivity contribution is 4.93. The minimum atomic E-state index is 0.666. The molecule has 2 rings (SSSR count). The molecule has 114 valence electrons. The number of rotatable bonds is 7. The summed E-state index contributed by atoms with van der Waals surface area (Å²) in [6.45, 7) is 5.69. The zero-order valence-electron chi connectivity index (χ0n) is 13.3. The molecule has 3 unspecified atom stereocenters. The highest BCUT2D eigenvalue weighted by atomic mass is 15.3. The Morgan fingerprint density at radius 1 is 1.30 bits per heavy atom. The first-order valence-corrected chi connectivity index (χ1v) is 8.30. The second kappa shape index (κ2) is 7.77. The average Bonchev–Trinajstić information content (AvgIpc) is 2.84. The zero-order chi connectivity index (χ0) is 14.4. The van der Waals surface area contributed by atoms with Crippen molar-refractivity contribution in [2.75, 3.05) is 6.54 Å². The molecule has 0 aliphatic heterocycles. The molecule has 0 bridgehead atoms. The van der Waals surface area contributed by atoms with Gasteiger partial charge in [-0.3, -0.25) is 4.68 Å². The van der Waals surface area contributed by atoms with Crippen LogP contribution in [0.3, 0.4) is 0 Å². The molecule has 0 spiro atoms. The fraction of sp³-hybridized carbons (Fsp3) is 0.875. The quantitative estimate of drug-likeness (QED) is 0.834. The molecule has 1 aromatic rings. The summed E-state index contributed by atoms with van der Waals surface area (Å²) in [5, 5.41) is 7.97. The molecule has 0 aromatic carbocycles. The van der Waals surface area contributed by atoms with E-state index in [-0.39, 0.29) is 0 Å². The van der Waals surface area contributed by atoms with Gasteiger partial charge in [0.25, 0.3) is 0 Å². The van der Waals surface area contributed by atoms with E-state index in [2.05, 4.69) is 29.2 Å². The maximum atomic E-state index is 4.42. The minimum Gasteiger partial charge on any atom is -0.314 e. The van der Waals surface area contributed by atoms with E-state index in [1.54, 1.807) is 6.33 Å². The summed E-state index contributed by atoms with van der Waals surface area (Å²) in [4.78, 5) is 4.42. The normalized spacial score (nSPS) is 26.9. The van der Waals surface area contributed by atoms with Crippen LogP contribution in [-0.2, 0) is 13.5 Å². The lowest BCUT2D eigenvalue weighted by atomic mass is 9.75. The molecule has 0 saturated heterocycles. The Hall–Kier alpha value is -0.900. The van der Waals surface area contributed by atoms with Gasteiger partial charge in [0.05, 0.1) is 0 Å². The Labute approximate surface area is 123 Å². The van der Waals surface area contributed by atoms with Gasteiger partial charge in [-0.05, 0) is 44.1 Å². The number of aryl methyl sites for hydroxylation is 1. The summed E-state index contributed by atoms with van der Waals surface area (Å²) in [5.74, 6) is 2.77. The largest absolute Gasteiger partial charge is 0.314 e. The highest BCUT2D eigenvalue weighted by Gasteiger charge is 2.30. The standard InChI is InChI=1S/C16H30N4/c1-4-6-13-7-8-15(17-9-5-2)14(10-13)11-16-18-12-19-20(16)3/h12-15,17H,4-11H2,1-3H3. The predicted octanol–water partition coefficient (Wildman–Crippen LogP) is 2.94. The number of nitrogens with one attached hydrogen (secondary N) is 1. The SMILES string of the molecule is CCCNC1CCC(CCC)CC1Cc1ncnn1C. The van der Waals surface area contributed by atoms with Crippen molar-refractivity contribution in [3.8, 4) is 0 Å². The summed E-state index contributed by atoms with van der Waals surface area (Å²) >= 11 is 0. The second-order valence-electron chi connectivity index (χ2n) is 6.29. The molecule has 4 nitrogen and oxygen atoms in total. The fourth-order valence-corrected chi connectivity index (χ4v) is 3.60. The first-order chi connectivity index (χ1) is 9.74. The smallest absolute Gasteiger partial charge is 0.138 e. The molecule has 1 fully saturated rings. The molecule has 0 amide bonds. The molecule has 1 heterocycles. The van der Waals surface area contributed by atoms with Crippen molar-refractivity contribution in [2.24, 2.45) is 18.9 Å². The topological polar surface area (TPSA) is 42.7 Å². The maximum Gasteiger partial charge on any atom is 0.138 e. The monoisotopic (exact) mass is 278 g/mol. The lowest BCUT2D eigenvalue weighted by Crippen LogP contribution is -2.42. The van der Waals surface area contributed by atoms with Gasteiger partial charge >= 0.3 is 0 Å². The van der Waals surface area contributed by atoms with E-state index < -0.39 is 0 Å². The van der Waals surface area contributed by atoms with Gasteiger partial charge in [0, 0.05) is 19.5 Å². The third kappa shape index (κ3) is 4.05. The Kier molecular flexibility index (Phi) is 6.02. The minimum absolute atomic E-state index is 0.666. The Morgan fingerprint density at radius 2 is 2.15 bits per heavy atom. The molecule has 1 saturated carbocycles. The summed E-state index contributed by atoms with van der Waals surface area (Å²) in [7, 11) is 2.00. The predicted molar refractivity (Wildman–Crippen MR) is 82.5 cm³/mol. The van der Waals surface area contributed by atoms with Gasteiger partial charge in [-0.2, -0.15) is 5.10 Å². The van der Waals surface area contributed by atoms with Crippen LogP contribution in [0.15, 0.2) is 6.33 Å². The lowest BCUT2D eigenvalue weighted by Gasteiger charge is -2.36. The van der Waals surface area contributed by atoms with Crippen LogP contribution in [0.2, 0.25) is 0 Å². The van der Waals surface area contributed by atoms with E-state index in [0.717, 1.165) is 30.6 Å².